The Balaban J connectivity index is 3.30. The molecule has 0 rings (SSSR count). The van der Waals surface area contributed by atoms with Gasteiger partial charge in [0, 0.05) is 6.92 Å². The molecule has 0 aliphatic rings. The lowest BCUT2D eigenvalue weighted by Crippen LogP contribution is -1.92. The Morgan fingerprint density at radius 1 is 2.00 bits per heavy atom. The zero-order valence-electron chi connectivity index (χ0n) is 3.51. The second kappa shape index (κ2) is 2.40. The SMILES string of the molecule is [C-]#[N+]C(C)C=O. The van der Waals surface area contributed by atoms with Crippen LogP contribution >= 0.6 is 0 Å². The number of rotatable bonds is 1. The van der Waals surface area contributed by atoms with E-state index in [9.17, 15) is 4.79 Å². The summed E-state index contributed by atoms with van der Waals surface area (Å²) < 4.78 is 0. The fourth-order valence-electron chi connectivity index (χ4n) is 0.0304. The number of nitrogens with zero attached hydrogens (tertiary/aromatic N) is 1. The first-order valence-electron chi connectivity index (χ1n) is 1.63. The van der Waals surface area contributed by atoms with Gasteiger partial charge in [-0.3, -0.25) is 4.79 Å². The van der Waals surface area contributed by atoms with Crippen LogP contribution in [0.1, 0.15) is 6.92 Å². The summed E-state index contributed by atoms with van der Waals surface area (Å²) in [5.74, 6) is 0. The summed E-state index contributed by atoms with van der Waals surface area (Å²) in [7, 11) is 0. The summed E-state index contributed by atoms with van der Waals surface area (Å²) in [6, 6.07) is -0.454. The topological polar surface area (TPSA) is 21.4 Å². The highest BCUT2D eigenvalue weighted by Gasteiger charge is 1.94. The quantitative estimate of drug-likeness (QED) is 0.334. The molecule has 0 radical (unpaired) electrons. The summed E-state index contributed by atoms with van der Waals surface area (Å²) in [4.78, 5) is 12.4. The minimum atomic E-state index is -0.454. The Kier molecular flexibility index (Phi) is 2.06. The van der Waals surface area contributed by atoms with E-state index in [0.717, 1.165) is 0 Å². The molecule has 6 heavy (non-hydrogen) atoms. The molecule has 0 aromatic heterocycles. The van der Waals surface area contributed by atoms with Gasteiger partial charge in [-0.05, 0) is 0 Å². The fourth-order valence-corrected chi connectivity index (χ4v) is 0.0304. The zero-order chi connectivity index (χ0) is 4.99. The van der Waals surface area contributed by atoms with E-state index in [4.69, 9.17) is 6.57 Å². The largest absolute Gasteiger partial charge is 0.306 e. The van der Waals surface area contributed by atoms with Crippen LogP contribution in [-0.2, 0) is 4.79 Å². The molecule has 32 valence electrons. The summed E-state index contributed by atoms with van der Waals surface area (Å²) in [6.45, 7) is 7.76. The third kappa shape index (κ3) is 1.48. The second-order valence-electron chi connectivity index (χ2n) is 1.01. The molecule has 1 atom stereocenters. The Bertz CT molecular complexity index is 82.0. The third-order valence-electron chi connectivity index (χ3n) is 0.401. The molecule has 2 heteroatoms. The number of carbonyl (C=O) groups is 1. The first-order valence-corrected chi connectivity index (χ1v) is 1.63. The van der Waals surface area contributed by atoms with Crippen LogP contribution in [0.5, 0.6) is 0 Å². The molecule has 0 spiro atoms. The van der Waals surface area contributed by atoms with E-state index in [1.807, 2.05) is 0 Å². The molecule has 0 aliphatic carbocycles. The van der Waals surface area contributed by atoms with Crippen LogP contribution in [0.4, 0.5) is 0 Å². The van der Waals surface area contributed by atoms with Crippen molar-refractivity contribution in [2.45, 2.75) is 13.0 Å². The Morgan fingerprint density at radius 3 is 2.50 bits per heavy atom. The smallest absolute Gasteiger partial charge is 0.275 e. The summed E-state index contributed by atoms with van der Waals surface area (Å²) >= 11 is 0. The van der Waals surface area contributed by atoms with Gasteiger partial charge in [0.25, 0.3) is 6.04 Å². The van der Waals surface area contributed by atoms with Crippen LogP contribution in [0, 0.1) is 6.57 Å². The highest BCUT2D eigenvalue weighted by molar-refractivity contribution is 5.59. The van der Waals surface area contributed by atoms with Gasteiger partial charge in [-0.1, -0.05) is 0 Å². The molecule has 0 N–H and O–H groups in total. The Hall–Kier alpha value is -0.840. The number of aldehydes is 1. The van der Waals surface area contributed by atoms with Gasteiger partial charge >= 0.3 is 0 Å². The van der Waals surface area contributed by atoms with Crippen molar-refractivity contribution in [2.24, 2.45) is 0 Å². The average molecular weight is 83.1 g/mol. The van der Waals surface area contributed by atoms with E-state index in [1.165, 1.54) is 0 Å². The van der Waals surface area contributed by atoms with Gasteiger partial charge in [-0.15, -0.1) is 0 Å². The standard InChI is InChI=1S/C4H5NO/c1-4(3-6)5-2/h3-4H,1H3. The van der Waals surface area contributed by atoms with Crippen LogP contribution in [0.2, 0.25) is 0 Å². The first-order chi connectivity index (χ1) is 2.81. The van der Waals surface area contributed by atoms with E-state index < -0.39 is 6.04 Å². The van der Waals surface area contributed by atoms with Gasteiger partial charge in [0.15, 0.2) is 0 Å². The number of hydrogen-bond acceptors (Lipinski definition) is 1. The highest BCUT2D eigenvalue weighted by Crippen LogP contribution is 1.76. The molecule has 0 aromatic carbocycles. The summed E-state index contributed by atoms with van der Waals surface area (Å²) in [5.41, 5.74) is 0. The molecule has 1 unspecified atom stereocenters. The van der Waals surface area contributed by atoms with E-state index in [1.54, 1.807) is 6.92 Å². The van der Waals surface area contributed by atoms with Crippen molar-refractivity contribution in [1.29, 1.82) is 0 Å². The number of hydrogen-bond donors (Lipinski definition) is 0. The molecule has 2 nitrogen and oxygen atoms in total. The molecule has 0 aromatic rings. The molecule has 0 aliphatic heterocycles. The van der Waals surface area contributed by atoms with E-state index in [2.05, 4.69) is 4.85 Å². The lowest BCUT2D eigenvalue weighted by atomic mass is 10.4. The van der Waals surface area contributed by atoms with Crippen molar-refractivity contribution in [1.82, 2.24) is 0 Å². The minimum absolute atomic E-state index is 0.454. The van der Waals surface area contributed by atoms with Gasteiger partial charge in [-0.25, -0.2) is 6.57 Å². The van der Waals surface area contributed by atoms with E-state index >= 15 is 0 Å². The van der Waals surface area contributed by atoms with Crippen molar-refractivity contribution in [3.05, 3.63) is 11.4 Å². The van der Waals surface area contributed by atoms with E-state index in [-0.39, 0.29) is 0 Å². The lowest BCUT2D eigenvalue weighted by molar-refractivity contribution is -0.107. The molecule has 0 heterocycles. The van der Waals surface area contributed by atoms with Gasteiger partial charge in [0.2, 0.25) is 6.29 Å². The molecular weight excluding hydrogens is 78.0 g/mol. The molecule has 0 saturated carbocycles. The molecular formula is C4H5NO. The van der Waals surface area contributed by atoms with Crippen molar-refractivity contribution in [3.8, 4) is 0 Å². The maximum Gasteiger partial charge on any atom is 0.275 e. The predicted molar refractivity (Wildman–Crippen MR) is 22.1 cm³/mol. The highest BCUT2D eigenvalue weighted by atomic mass is 16.1. The van der Waals surface area contributed by atoms with Gasteiger partial charge in [0.1, 0.15) is 0 Å². The maximum absolute atomic E-state index is 9.52. The van der Waals surface area contributed by atoms with E-state index in [0.29, 0.717) is 6.29 Å². The maximum atomic E-state index is 9.52. The average Bonchev–Trinajstić information content (AvgIpc) is 1.65. The van der Waals surface area contributed by atoms with Crippen LogP contribution in [0.3, 0.4) is 0 Å². The van der Waals surface area contributed by atoms with Crippen LogP contribution in [0.25, 0.3) is 4.85 Å². The van der Waals surface area contributed by atoms with Crippen molar-refractivity contribution < 1.29 is 4.79 Å². The van der Waals surface area contributed by atoms with Gasteiger partial charge < -0.3 is 4.85 Å². The third-order valence-corrected chi connectivity index (χ3v) is 0.401. The summed E-state index contributed by atoms with van der Waals surface area (Å²) in [6.07, 6.45) is 0.618. The van der Waals surface area contributed by atoms with Crippen molar-refractivity contribution in [2.75, 3.05) is 0 Å². The normalized spacial score (nSPS) is 12.0. The van der Waals surface area contributed by atoms with Crippen LogP contribution in [0.15, 0.2) is 0 Å². The molecule has 0 amide bonds. The Morgan fingerprint density at radius 2 is 2.50 bits per heavy atom. The molecule has 0 fully saturated rings. The molecule has 0 bridgehead atoms. The zero-order valence-corrected chi connectivity index (χ0v) is 3.51. The second-order valence-corrected chi connectivity index (χ2v) is 1.01. The van der Waals surface area contributed by atoms with Crippen LogP contribution in [-0.4, -0.2) is 12.3 Å². The van der Waals surface area contributed by atoms with Crippen molar-refractivity contribution in [3.63, 3.8) is 0 Å². The van der Waals surface area contributed by atoms with Gasteiger partial charge in [-0.2, -0.15) is 0 Å². The number of carbonyl (C=O) groups excluding carboxylic acids is 1. The molecule has 0 saturated heterocycles. The fraction of sp³-hybridized carbons (Fsp3) is 0.500. The van der Waals surface area contributed by atoms with Gasteiger partial charge in [0.05, 0.1) is 0 Å². The van der Waals surface area contributed by atoms with Crippen molar-refractivity contribution >= 4 is 6.29 Å². The predicted octanol–water partition coefficient (Wildman–Crippen LogP) is 0.493. The first kappa shape index (κ1) is 5.16. The minimum Gasteiger partial charge on any atom is -0.306 e. The van der Waals surface area contributed by atoms with Crippen LogP contribution < -0.4 is 0 Å². The lowest BCUT2D eigenvalue weighted by Gasteiger charge is -1.74. The summed E-state index contributed by atoms with van der Waals surface area (Å²) in [5, 5.41) is 0. The Labute approximate surface area is 36.6 Å². The monoisotopic (exact) mass is 83.0 g/mol.